The molecule has 28 heavy (non-hydrogen) atoms. The van der Waals surface area contributed by atoms with Gasteiger partial charge in [-0.25, -0.2) is 9.55 Å². The van der Waals surface area contributed by atoms with E-state index in [1.807, 2.05) is 24.3 Å². The molecule has 1 unspecified atom stereocenters. The van der Waals surface area contributed by atoms with Crippen molar-refractivity contribution in [3.8, 4) is 17.7 Å². The van der Waals surface area contributed by atoms with Crippen LogP contribution in [0, 0.1) is 11.5 Å². The fourth-order valence-electron chi connectivity index (χ4n) is 3.29. The first-order valence-corrected chi connectivity index (χ1v) is 8.73. The lowest BCUT2D eigenvalue weighted by Crippen LogP contribution is -2.12. The smallest absolute Gasteiger partial charge is 0.312 e. The van der Waals surface area contributed by atoms with Crippen molar-refractivity contribution in [1.82, 2.24) is 9.55 Å². The Bertz CT molecular complexity index is 1070. The highest BCUT2D eigenvalue weighted by Crippen LogP contribution is 2.34. The van der Waals surface area contributed by atoms with Crippen molar-refractivity contribution >= 4 is 17.0 Å². The van der Waals surface area contributed by atoms with Gasteiger partial charge in [-0.05, 0) is 24.6 Å². The molecule has 1 aromatic heterocycles. The number of carbonyl (C=O) groups excluding carboxylic acids is 1. The summed E-state index contributed by atoms with van der Waals surface area (Å²) < 4.78 is 17.2. The van der Waals surface area contributed by atoms with Crippen LogP contribution in [0.15, 0.2) is 36.4 Å². The monoisotopic (exact) mass is 379 g/mol. The minimum Gasteiger partial charge on any atom is -0.496 e. The maximum atomic E-state index is 12.1. The molecule has 1 heterocycles. The van der Waals surface area contributed by atoms with Crippen LogP contribution in [0.5, 0.6) is 11.5 Å². The van der Waals surface area contributed by atoms with E-state index in [1.165, 1.54) is 11.7 Å². The fourth-order valence-corrected chi connectivity index (χ4v) is 3.29. The van der Waals surface area contributed by atoms with Crippen molar-refractivity contribution in [2.45, 2.75) is 19.3 Å². The SMILES string of the molecule is COC(=O)C(C)c1ccc(OC)c2nc(Cc3ccccc3OC)n(C#N)c12. The quantitative estimate of drug-likeness (QED) is 0.611. The number of para-hydroxylation sites is 1. The number of hydrogen-bond donors (Lipinski definition) is 0. The molecule has 0 saturated heterocycles. The molecule has 0 saturated carbocycles. The molecule has 0 N–H and O–H groups in total. The highest BCUT2D eigenvalue weighted by molar-refractivity contribution is 5.91. The number of ether oxygens (including phenoxy) is 3. The zero-order chi connectivity index (χ0) is 20.3. The molecule has 7 nitrogen and oxygen atoms in total. The van der Waals surface area contributed by atoms with Crippen LogP contribution in [0.4, 0.5) is 0 Å². The Hall–Kier alpha value is -3.53. The Kier molecular flexibility index (Phi) is 5.50. The third-order valence-electron chi connectivity index (χ3n) is 4.75. The van der Waals surface area contributed by atoms with E-state index in [0.29, 0.717) is 40.3 Å². The number of imidazole rings is 1. The van der Waals surface area contributed by atoms with Gasteiger partial charge in [0, 0.05) is 12.0 Å². The zero-order valence-electron chi connectivity index (χ0n) is 16.2. The van der Waals surface area contributed by atoms with E-state index < -0.39 is 5.92 Å². The summed E-state index contributed by atoms with van der Waals surface area (Å²) in [5.41, 5.74) is 2.63. The molecular weight excluding hydrogens is 358 g/mol. The van der Waals surface area contributed by atoms with Gasteiger partial charge in [-0.3, -0.25) is 4.79 Å². The highest BCUT2D eigenvalue weighted by atomic mass is 16.5. The number of nitrogens with zero attached hydrogens (tertiary/aromatic N) is 3. The lowest BCUT2D eigenvalue weighted by Gasteiger charge is -2.13. The van der Waals surface area contributed by atoms with E-state index in [-0.39, 0.29) is 5.97 Å². The molecule has 0 bridgehead atoms. The van der Waals surface area contributed by atoms with E-state index in [0.717, 1.165) is 5.56 Å². The van der Waals surface area contributed by atoms with Crippen LogP contribution in [0.25, 0.3) is 11.0 Å². The summed E-state index contributed by atoms with van der Waals surface area (Å²) in [6, 6.07) is 11.1. The van der Waals surface area contributed by atoms with Gasteiger partial charge in [0.1, 0.15) is 22.8 Å². The van der Waals surface area contributed by atoms with Gasteiger partial charge in [0.15, 0.2) is 6.19 Å². The number of esters is 1. The number of rotatable bonds is 6. The molecule has 144 valence electrons. The van der Waals surface area contributed by atoms with E-state index >= 15 is 0 Å². The van der Waals surface area contributed by atoms with Crippen LogP contribution in [0.1, 0.15) is 29.8 Å². The van der Waals surface area contributed by atoms with Crippen molar-refractivity contribution in [3.63, 3.8) is 0 Å². The second kappa shape index (κ2) is 8.01. The summed E-state index contributed by atoms with van der Waals surface area (Å²) in [6.07, 6.45) is 2.58. The van der Waals surface area contributed by atoms with Crippen LogP contribution in [0.2, 0.25) is 0 Å². The van der Waals surface area contributed by atoms with Crippen molar-refractivity contribution in [2.24, 2.45) is 0 Å². The zero-order valence-corrected chi connectivity index (χ0v) is 16.2. The van der Waals surface area contributed by atoms with Crippen LogP contribution in [0.3, 0.4) is 0 Å². The van der Waals surface area contributed by atoms with Gasteiger partial charge in [0.25, 0.3) is 0 Å². The fraction of sp³-hybridized carbons (Fsp3) is 0.286. The number of fused-ring (bicyclic) bond motifs is 1. The Morgan fingerprint density at radius 1 is 1.14 bits per heavy atom. The molecule has 0 aliphatic rings. The van der Waals surface area contributed by atoms with Crippen molar-refractivity contribution < 1.29 is 19.0 Å². The van der Waals surface area contributed by atoms with Gasteiger partial charge in [-0.1, -0.05) is 24.3 Å². The molecule has 0 aliphatic heterocycles. The average molecular weight is 379 g/mol. The third kappa shape index (κ3) is 3.25. The molecule has 0 amide bonds. The maximum absolute atomic E-state index is 12.1. The molecule has 0 fully saturated rings. The first-order chi connectivity index (χ1) is 13.5. The molecule has 3 aromatic rings. The van der Waals surface area contributed by atoms with Crippen molar-refractivity contribution in [1.29, 1.82) is 5.26 Å². The molecule has 0 radical (unpaired) electrons. The molecular formula is C21H21N3O4. The van der Waals surface area contributed by atoms with Crippen LogP contribution >= 0.6 is 0 Å². The third-order valence-corrected chi connectivity index (χ3v) is 4.75. The van der Waals surface area contributed by atoms with E-state index in [2.05, 4.69) is 11.2 Å². The summed E-state index contributed by atoms with van der Waals surface area (Å²) in [7, 11) is 4.49. The first kappa shape index (κ1) is 19.2. The molecule has 0 aliphatic carbocycles. The minimum atomic E-state index is -0.554. The van der Waals surface area contributed by atoms with Gasteiger partial charge in [0.2, 0.25) is 0 Å². The summed E-state index contributed by atoms with van der Waals surface area (Å²) in [4.78, 5) is 16.8. The van der Waals surface area contributed by atoms with Gasteiger partial charge in [-0.2, -0.15) is 5.26 Å². The topological polar surface area (TPSA) is 86.4 Å². The van der Waals surface area contributed by atoms with Crippen LogP contribution in [-0.4, -0.2) is 36.8 Å². The number of nitriles is 1. The number of methoxy groups -OCH3 is 3. The van der Waals surface area contributed by atoms with Crippen molar-refractivity contribution in [3.05, 3.63) is 53.3 Å². The lowest BCUT2D eigenvalue weighted by molar-refractivity contribution is -0.141. The largest absolute Gasteiger partial charge is 0.496 e. The van der Waals surface area contributed by atoms with Gasteiger partial charge < -0.3 is 14.2 Å². The normalized spacial score (nSPS) is 11.7. The predicted octanol–water partition coefficient (Wildman–Crippen LogP) is 3.25. The van der Waals surface area contributed by atoms with Crippen molar-refractivity contribution in [2.75, 3.05) is 21.3 Å². The molecule has 7 heteroatoms. The maximum Gasteiger partial charge on any atom is 0.312 e. The number of aromatic nitrogens is 2. The van der Waals surface area contributed by atoms with E-state index in [9.17, 15) is 10.1 Å². The number of carbonyl (C=O) groups is 1. The summed E-state index contributed by atoms with van der Waals surface area (Å²) >= 11 is 0. The molecule has 0 spiro atoms. The second-order valence-electron chi connectivity index (χ2n) is 6.25. The highest BCUT2D eigenvalue weighted by Gasteiger charge is 2.25. The second-order valence-corrected chi connectivity index (χ2v) is 6.25. The Balaban J connectivity index is 2.23. The Morgan fingerprint density at radius 3 is 2.50 bits per heavy atom. The van der Waals surface area contributed by atoms with Gasteiger partial charge in [-0.15, -0.1) is 0 Å². The number of hydrogen-bond acceptors (Lipinski definition) is 6. The van der Waals surface area contributed by atoms with Gasteiger partial charge >= 0.3 is 5.97 Å². The van der Waals surface area contributed by atoms with E-state index in [1.54, 1.807) is 33.3 Å². The molecule has 3 rings (SSSR count). The first-order valence-electron chi connectivity index (χ1n) is 8.73. The summed E-state index contributed by atoms with van der Waals surface area (Å²) in [5, 5.41) is 9.86. The standard InChI is InChI=1S/C21H21N3O4/c1-13(21(25)28-4)15-9-10-17(27-3)19-20(15)24(12-22)18(23-19)11-14-7-5-6-8-16(14)26-2/h5-10,13H,11H2,1-4H3. The summed E-state index contributed by atoms with van der Waals surface area (Å²) in [6.45, 7) is 1.74. The predicted molar refractivity (Wildman–Crippen MR) is 104 cm³/mol. The lowest BCUT2D eigenvalue weighted by atomic mass is 9.99. The number of benzene rings is 2. The van der Waals surface area contributed by atoms with Crippen LogP contribution in [-0.2, 0) is 16.0 Å². The Labute approximate surface area is 163 Å². The van der Waals surface area contributed by atoms with Crippen LogP contribution < -0.4 is 9.47 Å². The minimum absolute atomic E-state index is 0.386. The molecule has 2 aromatic carbocycles. The average Bonchev–Trinajstić information content (AvgIpc) is 3.10. The Morgan fingerprint density at radius 2 is 1.86 bits per heavy atom. The molecule has 1 atom stereocenters. The summed E-state index contributed by atoms with van der Waals surface area (Å²) in [5.74, 6) is 0.842. The van der Waals surface area contributed by atoms with E-state index in [4.69, 9.17) is 14.2 Å². The van der Waals surface area contributed by atoms with Gasteiger partial charge in [0.05, 0.1) is 32.8 Å².